The van der Waals surface area contributed by atoms with Gasteiger partial charge in [-0.05, 0) is 37.5 Å². The third-order valence-corrected chi connectivity index (χ3v) is 4.60. The number of hydrogen-bond acceptors (Lipinski definition) is 2. The lowest BCUT2D eigenvalue weighted by Crippen LogP contribution is -2.34. The van der Waals surface area contributed by atoms with Crippen LogP contribution in [-0.4, -0.2) is 15.8 Å². The quantitative estimate of drug-likeness (QED) is 0.871. The summed E-state index contributed by atoms with van der Waals surface area (Å²) in [6.45, 7) is 0. The van der Waals surface area contributed by atoms with E-state index in [1.807, 2.05) is 17.9 Å². The zero-order valence-electron chi connectivity index (χ0n) is 12.1. The van der Waals surface area contributed by atoms with Gasteiger partial charge in [-0.1, -0.05) is 23.2 Å². The SMILES string of the molecule is Cn1ncc2c1CCC[C@@H]2NC(=O)Nc1ccc(Cl)c(Cl)c1. The van der Waals surface area contributed by atoms with Gasteiger partial charge in [0, 0.05) is 24.0 Å². The molecule has 2 amide bonds. The first-order valence-corrected chi connectivity index (χ1v) is 7.83. The lowest BCUT2D eigenvalue weighted by molar-refractivity contribution is 0.247. The molecule has 1 aliphatic carbocycles. The van der Waals surface area contributed by atoms with Crippen molar-refractivity contribution in [1.29, 1.82) is 0 Å². The normalized spacial score (nSPS) is 17.0. The highest BCUT2D eigenvalue weighted by Crippen LogP contribution is 2.29. The van der Waals surface area contributed by atoms with Gasteiger partial charge in [-0.2, -0.15) is 5.10 Å². The molecule has 1 heterocycles. The van der Waals surface area contributed by atoms with E-state index in [2.05, 4.69) is 15.7 Å². The van der Waals surface area contributed by atoms with Crippen molar-refractivity contribution in [3.63, 3.8) is 0 Å². The Hall–Kier alpha value is -1.72. The van der Waals surface area contributed by atoms with Gasteiger partial charge in [0.05, 0.1) is 22.3 Å². The molecule has 0 aliphatic heterocycles. The average molecular weight is 339 g/mol. The molecule has 2 N–H and O–H groups in total. The maximum Gasteiger partial charge on any atom is 0.319 e. The van der Waals surface area contributed by atoms with Crippen LogP contribution in [0.3, 0.4) is 0 Å². The summed E-state index contributed by atoms with van der Waals surface area (Å²) in [5, 5.41) is 10.9. The number of carbonyl (C=O) groups excluding carboxylic acids is 1. The highest BCUT2D eigenvalue weighted by atomic mass is 35.5. The number of anilines is 1. The van der Waals surface area contributed by atoms with Crippen LogP contribution in [0, 0.1) is 0 Å². The summed E-state index contributed by atoms with van der Waals surface area (Å²) < 4.78 is 1.88. The molecule has 0 radical (unpaired) electrons. The molecule has 0 bridgehead atoms. The third kappa shape index (κ3) is 3.05. The molecular formula is C15H16Cl2N4O. The minimum Gasteiger partial charge on any atom is -0.331 e. The Morgan fingerprint density at radius 2 is 2.18 bits per heavy atom. The van der Waals surface area contributed by atoms with Gasteiger partial charge >= 0.3 is 6.03 Å². The lowest BCUT2D eigenvalue weighted by Gasteiger charge is -2.24. The maximum absolute atomic E-state index is 12.2. The van der Waals surface area contributed by atoms with Crippen molar-refractivity contribution in [2.75, 3.05) is 5.32 Å². The first kappa shape index (κ1) is 15.2. The van der Waals surface area contributed by atoms with Crippen molar-refractivity contribution >= 4 is 34.9 Å². The Morgan fingerprint density at radius 1 is 1.36 bits per heavy atom. The van der Waals surface area contributed by atoms with Crippen LogP contribution in [0.25, 0.3) is 0 Å². The van der Waals surface area contributed by atoms with Crippen molar-refractivity contribution in [1.82, 2.24) is 15.1 Å². The van der Waals surface area contributed by atoms with Gasteiger partial charge in [0.2, 0.25) is 0 Å². The van der Waals surface area contributed by atoms with Crippen LogP contribution in [0.5, 0.6) is 0 Å². The fraction of sp³-hybridized carbons (Fsp3) is 0.333. The summed E-state index contributed by atoms with van der Waals surface area (Å²) in [6, 6.07) is 4.71. The summed E-state index contributed by atoms with van der Waals surface area (Å²) in [6.07, 6.45) is 4.77. The number of urea groups is 1. The molecule has 3 rings (SSSR count). The van der Waals surface area contributed by atoms with Crippen molar-refractivity contribution in [3.8, 4) is 0 Å². The van der Waals surface area contributed by atoms with E-state index in [1.165, 1.54) is 5.69 Å². The molecule has 116 valence electrons. The molecular weight excluding hydrogens is 323 g/mol. The van der Waals surface area contributed by atoms with Crippen LogP contribution in [0.1, 0.15) is 30.1 Å². The van der Waals surface area contributed by atoms with Gasteiger partial charge in [0.25, 0.3) is 0 Å². The number of rotatable bonds is 2. The number of amides is 2. The molecule has 1 aromatic heterocycles. The van der Waals surface area contributed by atoms with Gasteiger partial charge in [0.1, 0.15) is 0 Å². The number of benzene rings is 1. The summed E-state index contributed by atoms with van der Waals surface area (Å²) >= 11 is 11.8. The maximum atomic E-state index is 12.2. The molecule has 1 atom stereocenters. The predicted octanol–water partition coefficient (Wildman–Crippen LogP) is 3.93. The number of hydrogen-bond donors (Lipinski definition) is 2. The molecule has 0 unspecified atom stereocenters. The highest BCUT2D eigenvalue weighted by molar-refractivity contribution is 6.42. The van der Waals surface area contributed by atoms with E-state index in [-0.39, 0.29) is 12.1 Å². The van der Waals surface area contributed by atoms with E-state index in [0.717, 1.165) is 24.8 Å². The van der Waals surface area contributed by atoms with Crippen LogP contribution in [0.15, 0.2) is 24.4 Å². The Labute approximate surface area is 138 Å². The fourth-order valence-corrected chi connectivity index (χ4v) is 3.05. The second kappa shape index (κ2) is 6.18. The van der Waals surface area contributed by atoms with Gasteiger partial charge < -0.3 is 10.6 Å². The zero-order valence-corrected chi connectivity index (χ0v) is 13.6. The molecule has 1 aromatic carbocycles. The number of fused-ring (bicyclic) bond motifs is 1. The van der Waals surface area contributed by atoms with E-state index in [4.69, 9.17) is 23.2 Å². The van der Waals surface area contributed by atoms with Crippen LogP contribution in [-0.2, 0) is 13.5 Å². The van der Waals surface area contributed by atoms with Crippen molar-refractivity contribution < 1.29 is 4.79 Å². The molecule has 5 nitrogen and oxygen atoms in total. The summed E-state index contributed by atoms with van der Waals surface area (Å²) in [4.78, 5) is 12.2. The first-order valence-electron chi connectivity index (χ1n) is 7.08. The number of nitrogens with one attached hydrogen (secondary N) is 2. The van der Waals surface area contributed by atoms with E-state index in [9.17, 15) is 4.79 Å². The summed E-state index contributed by atoms with van der Waals surface area (Å²) in [5.41, 5.74) is 2.89. The second-order valence-electron chi connectivity index (χ2n) is 5.34. The van der Waals surface area contributed by atoms with Crippen molar-refractivity contribution in [2.45, 2.75) is 25.3 Å². The van der Waals surface area contributed by atoms with Crippen LogP contribution >= 0.6 is 23.2 Å². The zero-order chi connectivity index (χ0) is 15.7. The third-order valence-electron chi connectivity index (χ3n) is 3.86. The predicted molar refractivity (Wildman–Crippen MR) is 87.5 cm³/mol. The average Bonchev–Trinajstić information content (AvgIpc) is 2.86. The van der Waals surface area contributed by atoms with Crippen molar-refractivity contribution in [2.24, 2.45) is 7.05 Å². The van der Waals surface area contributed by atoms with E-state index in [1.54, 1.807) is 18.2 Å². The van der Waals surface area contributed by atoms with Gasteiger partial charge in [-0.3, -0.25) is 4.68 Å². The van der Waals surface area contributed by atoms with Crippen molar-refractivity contribution in [3.05, 3.63) is 45.7 Å². The molecule has 2 aromatic rings. The van der Waals surface area contributed by atoms with Gasteiger partial charge in [-0.15, -0.1) is 0 Å². The van der Waals surface area contributed by atoms with Crippen LogP contribution in [0.2, 0.25) is 10.0 Å². The molecule has 1 aliphatic rings. The highest BCUT2D eigenvalue weighted by Gasteiger charge is 2.24. The minimum absolute atomic E-state index is 0.0137. The summed E-state index contributed by atoms with van der Waals surface area (Å²) in [5.74, 6) is 0. The molecule has 0 saturated heterocycles. The number of nitrogens with zero attached hydrogens (tertiary/aromatic N) is 2. The molecule has 0 saturated carbocycles. The van der Waals surface area contributed by atoms with Crippen LogP contribution < -0.4 is 10.6 Å². The van der Waals surface area contributed by atoms with Gasteiger partial charge in [0.15, 0.2) is 0 Å². The second-order valence-corrected chi connectivity index (χ2v) is 6.16. The number of halogens is 2. The molecule has 0 fully saturated rings. The molecule has 22 heavy (non-hydrogen) atoms. The molecule has 0 spiro atoms. The number of carbonyl (C=O) groups is 1. The smallest absolute Gasteiger partial charge is 0.319 e. The Kier molecular flexibility index (Phi) is 4.27. The van der Waals surface area contributed by atoms with E-state index < -0.39 is 0 Å². The summed E-state index contributed by atoms with van der Waals surface area (Å²) in [7, 11) is 1.93. The number of aryl methyl sites for hydroxylation is 1. The first-order chi connectivity index (χ1) is 10.5. The minimum atomic E-state index is -0.264. The topological polar surface area (TPSA) is 59.0 Å². The fourth-order valence-electron chi connectivity index (χ4n) is 2.76. The van der Waals surface area contributed by atoms with E-state index >= 15 is 0 Å². The number of aromatic nitrogens is 2. The Morgan fingerprint density at radius 3 is 2.95 bits per heavy atom. The van der Waals surface area contributed by atoms with Gasteiger partial charge in [-0.25, -0.2) is 4.79 Å². The lowest BCUT2D eigenvalue weighted by atomic mass is 9.93. The molecule has 7 heteroatoms. The standard InChI is InChI=1S/C15H16Cl2N4O/c1-21-14-4-2-3-13(10(14)8-18-21)20-15(22)19-9-5-6-11(16)12(17)7-9/h5-8,13H,2-4H2,1H3,(H2,19,20,22)/t13-/m0/s1. The Bertz CT molecular complexity index is 714. The Balaban J connectivity index is 1.68. The van der Waals surface area contributed by atoms with E-state index in [0.29, 0.717) is 15.7 Å². The van der Waals surface area contributed by atoms with Crippen LogP contribution in [0.4, 0.5) is 10.5 Å². The monoisotopic (exact) mass is 338 g/mol. The largest absolute Gasteiger partial charge is 0.331 e.